The molecule has 3 rings (SSSR count). The molecule has 0 unspecified atom stereocenters. The van der Waals surface area contributed by atoms with Gasteiger partial charge in [0.05, 0.1) is 5.69 Å². The van der Waals surface area contributed by atoms with Crippen molar-refractivity contribution in [3.05, 3.63) is 79.0 Å². The fourth-order valence-corrected chi connectivity index (χ4v) is 2.03. The second-order valence-corrected chi connectivity index (χ2v) is 4.05. The number of hydrogen-bond donors (Lipinski definition) is 0. The maximum Gasteiger partial charge on any atom is 0.0780 e. The van der Waals surface area contributed by atoms with E-state index in [0.717, 1.165) is 16.8 Å². The minimum Gasteiger partial charge on any atom is -0.256 e. The van der Waals surface area contributed by atoms with Crippen LogP contribution in [-0.4, -0.2) is 4.98 Å². The molecule has 0 saturated heterocycles. The predicted molar refractivity (Wildman–Crippen MR) is 73.9 cm³/mol. The van der Waals surface area contributed by atoms with Gasteiger partial charge in [0, 0.05) is 17.3 Å². The summed E-state index contributed by atoms with van der Waals surface area (Å²) in [4.78, 5) is 4.51. The highest BCUT2D eigenvalue weighted by molar-refractivity contribution is 5.80. The molecular formula is C17H12N. The quantitative estimate of drug-likeness (QED) is 0.642. The van der Waals surface area contributed by atoms with Crippen molar-refractivity contribution in [2.45, 2.75) is 0 Å². The molecular weight excluding hydrogens is 218 g/mol. The Morgan fingerprint density at radius 3 is 2.28 bits per heavy atom. The summed E-state index contributed by atoms with van der Waals surface area (Å²) in [5.74, 6) is 0. The highest BCUT2D eigenvalue weighted by atomic mass is 14.7. The molecule has 1 heteroatoms. The molecule has 0 aliphatic carbocycles. The second kappa shape index (κ2) is 4.84. The lowest BCUT2D eigenvalue weighted by Gasteiger charge is -2.08. The fourth-order valence-electron chi connectivity index (χ4n) is 2.03. The van der Waals surface area contributed by atoms with E-state index in [4.69, 9.17) is 0 Å². The van der Waals surface area contributed by atoms with Crippen LogP contribution in [-0.2, 0) is 0 Å². The summed E-state index contributed by atoms with van der Waals surface area (Å²) < 4.78 is 0. The average molecular weight is 230 g/mol. The first kappa shape index (κ1) is 10.7. The van der Waals surface area contributed by atoms with Crippen LogP contribution in [0, 0.1) is 6.07 Å². The van der Waals surface area contributed by atoms with Gasteiger partial charge in [0.2, 0.25) is 0 Å². The number of nitrogens with zero attached hydrogens (tertiary/aromatic N) is 1. The van der Waals surface area contributed by atoms with E-state index in [1.165, 1.54) is 5.56 Å². The van der Waals surface area contributed by atoms with Gasteiger partial charge in [0.25, 0.3) is 0 Å². The van der Waals surface area contributed by atoms with Crippen LogP contribution in [0.5, 0.6) is 0 Å². The summed E-state index contributed by atoms with van der Waals surface area (Å²) in [6, 6.07) is 25.3. The highest BCUT2D eigenvalue weighted by Gasteiger charge is 2.06. The summed E-state index contributed by atoms with van der Waals surface area (Å²) in [7, 11) is 0. The first-order chi connectivity index (χ1) is 8.95. The first-order valence-corrected chi connectivity index (χ1v) is 5.92. The van der Waals surface area contributed by atoms with Crippen molar-refractivity contribution in [3.8, 4) is 22.4 Å². The van der Waals surface area contributed by atoms with Gasteiger partial charge in [0.1, 0.15) is 0 Å². The molecule has 0 fully saturated rings. The average Bonchev–Trinajstić information content (AvgIpc) is 2.49. The Balaban J connectivity index is 2.18. The molecule has 0 N–H and O–H groups in total. The van der Waals surface area contributed by atoms with Gasteiger partial charge in [-0.25, -0.2) is 0 Å². The number of hydrogen-bond acceptors (Lipinski definition) is 1. The van der Waals surface area contributed by atoms with Crippen molar-refractivity contribution in [3.63, 3.8) is 0 Å². The molecule has 0 aliphatic rings. The van der Waals surface area contributed by atoms with E-state index in [0.29, 0.717) is 0 Å². The van der Waals surface area contributed by atoms with Gasteiger partial charge in [-0.2, -0.15) is 0 Å². The first-order valence-electron chi connectivity index (χ1n) is 5.92. The fraction of sp³-hybridized carbons (Fsp3) is 0. The van der Waals surface area contributed by atoms with Gasteiger partial charge in [0.15, 0.2) is 0 Å². The van der Waals surface area contributed by atoms with Gasteiger partial charge >= 0.3 is 0 Å². The Bertz CT molecular complexity index is 572. The maximum atomic E-state index is 4.51. The lowest BCUT2D eigenvalue weighted by atomic mass is 10.00. The Hall–Kier alpha value is -2.41. The van der Waals surface area contributed by atoms with Crippen molar-refractivity contribution >= 4 is 0 Å². The third-order valence-electron chi connectivity index (χ3n) is 2.88. The molecule has 1 nitrogen and oxygen atoms in total. The molecule has 0 aliphatic heterocycles. The number of pyridine rings is 1. The molecule has 0 bridgehead atoms. The van der Waals surface area contributed by atoms with Crippen LogP contribution < -0.4 is 0 Å². The molecule has 0 saturated carbocycles. The van der Waals surface area contributed by atoms with E-state index in [1.54, 1.807) is 0 Å². The summed E-state index contributed by atoms with van der Waals surface area (Å²) in [5, 5.41) is 0. The molecule has 2 aromatic carbocycles. The minimum atomic E-state index is 1.01. The van der Waals surface area contributed by atoms with Gasteiger partial charge in [-0.3, -0.25) is 4.98 Å². The van der Waals surface area contributed by atoms with Crippen LogP contribution in [0.25, 0.3) is 22.4 Å². The van der Waals surface area contributed by atoms with Crippen LogP contribution in [0.2, 0.25) is 0 Å². The standard InChI is InChI=1S/C17H12N/c1-3-8-14(9-4-1)16-12-7-13-18-17(16)15-10-5-2-6-11-15/h1,3-13H. The molecule has 18 heavy (non-hydrogen) atoms. The van der Waals surface area contributed by atoms with Gasteiger partial charge in [-0.1, -0.05) is 60.7 Å². The molecule has 3 aromatic rings. The Morgan fingerprint density at radius 2 is 1.50 bits per heavy atom. The zero-order chi connectivity index (χ0) is 12.2. The molecule has 0 spiro atoms. The van der Waals surface area contributed by atoms with E-state index in [-0.39, 0.29) is 0 Å². The zero-order valence-corrected chi connectivity index (χ0v) is 9.88. The molecule has 1 aromatic heterocycles. The minimum absolute atomic E-state index is 1.01. The van der Waals surface area contributed by atoms with Crippen LogP contribution >= 0.6 is 0 Å². The van der Waals surface area contributed by atoms with Crippen molar-refractivity contribution in [2.24, 2.45) is 0 Å². The molecule has 0 amide bonds. The lowest BCUT2D eigenvalue weighted by molar-refractivity contribution is 1.32. The zero-order valence-electron chi connectivity index (χ0n) is 9.88. The van der Waals surface area contributed by atoms with Crippen LogP contribution in [0.4, 0.5) is 0 Å². The molecule has 1 radical (unpaired) electrons. The van der Waals surface area contributed by atoms with Crippen molar-refractivity contribution in [1.82, 2.24) is 4.98 Å². The van der Waals surface area contributed by atoms with E-state index < -0.39 is 0 Å². The molecule has 1 heterocycles. The normalized spacial score (nSPS) is 10.2. The number of rotatable bonds is 2. The van der Waals surface area contributed by atoms with Crippen molar-refractivity contribution < 1.29 is 0 Å². The number of aromatic nitrogens is 1. The van der Waals surface area contributed by atoms with E-state index in [9.17, 15) is 0 Å². The molecule has 0 atom stereocenters. The maximum absolute atomic E-state index is 4.51. The smallest absolute Gasteiger partial charge is 0.0780 e. The molecule has 85 valence electrons. The SMILES string of the molecule is [c]1ccc(-c2ncccc2-c2ccccc2)cc1. The predicted octanol–water partition coefficient (Wildman–Crippen LogP) is 4.22. The Labute approximate surface area is 107 Å². The van der Waals surface area contributed by atoms with Gasteiger partial charge in [-0.15, -0.1) is 0 Å². The van der Waals surface area contributed by atoms with Gasteiger partial charge < -0.3 is 0 Å². The largest absolute Gasteiger partial charge is 0.256 e. The van der Waals surface area contributed by atoms with E-state index in [2.05, 4.69) is 29.2 Å². The topological polar surface area (TPSA) is 12.9 Å². The lowest BCUT2D eigenvalue weighted by Crippen LogP contribution is -1.88. The Kier molecular flexibility index (Phi) is 2.89. The summed E-state index contributed by atoms with van der Waals surface area (Å²) in [6.45, 7) is 0. The van der Waals surface area contributed by atoms with Crippen LogP contribution in [0.1, 0.15) is 0 Å². The van der Waals surface area contributed by atoms with Crippen molar-refractivity contribution in [2.75, 3.05) is 0 Å². The third-order valence-corrected chi connectivity index (χ3v) is 2.88. The monoisotopic (exact) mass is 230 g/mol. The second-order valence-electron chi connectivity index (χ2n) is 4.05. The third kappa shape index (κ3) is 2.03. The Morgan fingerprint density at radius 1 is 0.722 bits per heavy atom. The summed E-state index contributed by atoms with van der Waals surface area (Å²) in [5.41, 5.74) is 4.48. The summed E-state index contributed by atoms with van der Waals surface area (Å²) >= 11 is 0. The van der Waals surface area contributed by atoms with Crippen LogP contribution in [0.3, 0.4) is 0 Å². The van der Waals surface area contributed by atoms with Crippen LogP contribution in [0.15, 0.2) is 72.9 Å². The highest BCUT2D eigenvalue weighted by Crippen LogP contribution is 2.29. The number of benzene rings is 2. The summed E-state index contributed by atoms with van der Waals surface area (Å²) in [6.07, 6.45) is 1.83. The van der Waals surface area contributed by atoms with Gasteiger partial charge in [-0.05, 0) is 17.7 Å². The van der Waals surface area contributed by atoms with E-state index >= 15 is 0 Å². The van der Waals surface area contributed by atoms with E-state index in [1.807, 2.05) is 54.7 Å². The van der Waals surface area contributed by atoms with Crippen molar-refractivity contribution in [1.29, 1.82) is 0 Å².